The molecule has 2 N–H and O–H groups in total. The third-order valence-electron chi connectivity index (χ3n) is 3.90. The summed E-state index contributed by atoms with van der Waals surface area (Å²) in [5.41, 5.74) is 0.981. The van der Waals surface area contributed by atoms with Crippen molar-refractivity contribution < 1.29 is 13.2 Å². The molecule has 0 aliphatic carbocycles. The highest BCUT2D eigenvalue weighted by atomic mass is 32.2. The highest BCUT2D eigenvalue weighted by molar-refractivity contribution is 7.89. The van der Waals surface area contributed by atoms with Crippen LogP contribution in [0.3, 0.4) is 0 Å². The lowest BCUT2D eigenvalue weighted by atomic mass is 10.0. The summed E-state index contributed by atoms with van der Waals surface area (Å²) in [5, 5.41) is 4.84. The maximum atomic E-state index is 12.6. The monoisotopic (exact) mass is 394 g/mol. The zero-order valence-corrected chi connectivity index (χ0v) is 17.0. The Kier molecular flexibility index (Phi) is 7.37. The lowest BCUT2D eigenvalue weighted by molar-refractivity contribution is -0.123. The van der Waals surface area contributed by atoms with Crippen LogP contribution in [0, 0.1) is 12.8 Å². The highest BCUT2D eigenvalue weighted by Crippen LogP contribution is 2.14. The standard InChI is InChI=1S/C19H26N2O3S2/c1-14(2)13-18(19(22)20-11-10-16-5-4-12-25-16)21-26(23,24)17-8-6-15(3)7-9-17/h4-9,12,14,18,21H,10-11,13H2,1-3H3,(H,20,22). The molecular weight excluding hydrogens is 368 g/mol. The quantitative estimate of drug-likeness (QED) is 0.686. The van der Waals surface area contributed by atoms with Crippen LogP contribution in [0.1, 0.15) is 30.7 Å². The SMILES string of the molecule is Cc1ccc(S(=O)(=O)NC(CC(C)C)C(=O)NCCc2cccs2)cc1. The van der Waals surface area contributed by atoms with E-state index in [0.29, 0.717) is 13.0 Å². The lowest BCUT2D eigenvalue weighted by Gasteiger charge is -2.20. The van der Waals surface area contributed by atoms with Gasteiger partial charge in [0.1, 0.15) is 6.04 Å². The summed E-state index contributed by atoms with van der Waals surface area (Å²) < 4.78 is 27.8. The van der Waals surface area contributed by atoms with Crippen LogP contribution in [0.25, 0.3) is 0 Å². The first-order valence-corrected chi connectivity index (χ1v) is 11.0. The van der Waals surface area contributed by atoms with E-state index in [4.69, 9.17) is 0 Å². The molecule has 2 rings (SSSR count). The Morgan fingerprint density at radius 2 is 1.85 bits per heavy atom. The van der Waals surface area contributed by atoms with Crippen LogP contribution in [0.2, 0.25) is 0 Å². The number of sulfonamides is 1. The molecule has 0 bridgehead atoms. The van der Waals surface area contributed by atoms with Gasteiger partial charge >= 0.3 is 0 Å². The molecule has 1 atom stereocenters. The van der Waals surface area contributed by atoms with E-state index >= 15 is 0 Å². The van der Waals surface area contributed by atoms with Gasteiger partial charge in [-0.15, -0.1) is 11.3 Å². The van der Waals surface area contributed by atoms with Crippen molar-refractivity contribution in [3.63, 3.8) is 0 Å². The van der Waals surface area contributed by atoms with Crippen molar-refractivity contribution in [1.29, 1.82) is 0 Å². The van der Waals surface area contributed by atoms with E-state index in [0.717, 1.165) is 12.0 Å². The van der Waals surface area contributed by atoms with E-state index in [1.54, 1.807) is 35.6 Å². The maximum Gasteiger partial charge on any atom is 0.241 e. The number of nitrogens with one attached hydrogen (secondary N) is 2. The van der Waals surface area contributed by atoms with Gasteiger partial charge in [-0.05, 0) is 49.3 Å². The van der Waals surface area contributed by atoms with Gasteiger partial charge in [-0.1, -0.05) is 37.6 Å². The van der Waals surface area contributed by atoms with E-state index < -0.39 is 16.1 Å². The molecule has 142 valence electrons. The second kappa shape index (κ2) is 9.30. The largest absolute Gasteiger partial charge is 0.354 e. The molecular formula is C19H26N2O3S2. The van der Waals surface area contributed by atoms with Crippen LogP contribution in [0.5, 0.6) is 0 Å². The van der Waals surface area contributed by atoms with Crippen LogP contribution < -0.4 is 10.0 Å². The predicted octanol–water partition coefficient (Wildman–Crippen LogP) is 3.11. The third kappa shape index (κ3) is 6.23. The summed E-state index contributed by atoms with van der Waals surface area (Å²) in [5.74, 6) is -0.102. The topological polar surface area (TPSA) is 75.3 Å². The summed E-state index contributed by atoms with van der Waals surface area (Å²) in [4.78, 5) is 13.9. The zero-order valence-electron chi connectivity index (χ0n) is 15.4. The summed E-state index contributed by atoms with van der Waals surface area (Å²) in [6, 6.07) is 9.80. The van der Waals surface area contributed by atoms with Gasteiger partial charge in [-0.3, -0.25) is 4.79 Å². The van der Waals surface area contributed by atoms with Crippen molar-refractivity contribution in [2.24, 2.45) is 5.92 Å². The molecule has 0 saturated carbocycles. The lowest BCUT2D eigenvalue weighted by Crippen LogP contribution is -2.47. The Hall–Kier alpha value is -1.70. The number of carbonyl (C=O) groups is 1. The van der Waals surface area contributed by atoms with Crippen molar-refractivity contribution in [3.05, 3.63) is 52.2 Å². The fraction of sp³-hybridized carbons (Fsp3) is 0.421. The Labute approximate surface area is 159 Å². The smallest absolute Gasteiger partial charge is 0.241 e. The number of benzene rings is 1. The molecule has 1 heterocycles. The Morgan fingerprint density at radius 3 is 2.42 bits per heavy atom. The van der Waals surface area contributed by atoms with Crippen LogP contribution in [-0.4, -0.2) is 26.9 Å². The molecule has 1 unspecified atom stereocenters. The number of carbonyl (C=O) groups excluding carboxylic acids is 1. The van der Waals surface area contributed by atoms with Gasteiger partial charge < -0.3 is 5.32 Å². The van der Waals surface area contributed by atoms with E-state index in [-0.39, 0.29) is 16.7 Å². The fourth-order valence-electron chi connectivity index (χ4n) is 2.54. The van der Waals surface area contributed by atoms with Gasteiger partial charge in [-0.25, -0.2) is 8.42 Å². The van der Waals surface area contributed by atoms with Gasteiger partial charge in [-0.2, -0.15) is 4.72 Å². The molecule has 26 heavy (non-hydrogen) atoms. The zero-order chi connectivity index (χ0) is 19.2. The molecule has 7 heteroatoms. The van der Waals surface area contributed by atoms with Crippen molar-refractivity contribution in [2.75, 3.05) is 6.54 Å². The first-order chi connectivity index (χ1) is 12.3. The minimum Gasteiger partial charge on any atom is -0.354 e. The summed E-state index contributed by atoms with van der Waals surface area (Å²) in [6.07, 6.45) is 1.18. The number of hydrogen-bond donors (Lipinski definition) is 2. The van der Waals surface area contributed by atoms with Gasteiger partial charge in [0.15, 0.2) is 0 Å². The minimum absolute atomic E-state index is 0.170. The van der Waals surface area contributed by atoms with Gasteiger partial charge in [0.05, 0.1) is 4.90 Å². The first kappa shape index (κ1) is 20.6. The van der Waals surface area contributed by atoms with Crippen molar-refractivity contribution in [1.82, 2.24) is 10.0 Å². The number of rotatable bonds is 9. The molecule has 0 aliphatic heterocycles. The minimum atomic E-state index is -3.74. The molecule has 5 nitrogen and oxygen atoms in total. The molecule has 0 spiro atoms. The molecule has 0 fully saturated rings. The number of aryl methyl sites for hydroxylation is 1. The summed E-state index contributed by atoms with van der Waals surface area (Å²) in [7, 11) is -3.74. The fourth-order valence-corrected chi connectivity index (χ4v) is 4.46. The molecule has 1 aromatic carbocycles. The highest BCUT2D eigenvalue weighted by Gasteiger charge is 2.26. The Balaban J connectivity index is 2.03. The maximum absolute atomic E-state index is 12.6. The van der Waals surface area contributed by atoms with Crippen molar-refractivity contribution in [2.45, 2.75) is 44.6 Å². The van der Waals surface area contributed by atoms with Crippen molar-refractivity contribution >= 4 is 27.3 Å². The summed E-state index contributed by atoms with van der Waals surface area (Å²) >= 11 is 1.64. The molecule has 2 aromatic rings. The number of hydrogen-bond acceptors (Lipinski definition) is 4. The molecule has 0 saturated heterocycles. The first-order valence-electron chi connectivity index (χ1n) is 8.67. The average Bonchev–Trinajstić information content (AvgIpc) is 3.07. The van der Waals surface area contributed by atoms with Crippen LogP contribution in [-0.2, 0) is 21.2 Å². The molecule has 1 amide bonds. The van der Waals surface area contributed by atoms with Crippen LogP contribution in [0.4, 0.5) is 0 Å². The van der Waals surface area contributed by atoms with Crippen LogP contribution >= 0.6 is 11.3 Å². The second-order valence-electron chi connectivity index (χ2n) is 6.74. The normalized spacial score (nSPS) is 12.9. The van der Waals surface area contributed by atoms with E-state index in [1.807, 2.05) is 38.3 Å². The second-order valence-corrected chi connectivity index (χ2v) is 9.48. The number of amides is 1. The van der Waals surface area contributed by atoms with Gasteiger partial charge in [0.25, 0.3) is 0 Å². The molecule has 0 aliphatic rings. The van der Waals surface area contributed by atoms with E-state index in [9.17, 15) is 13.2 Å². The van der Waals surface area contributed by atoms with Crippen LogP contribution in [0.15, 0.2) is 46.7 Å². The predicted molar refractivity (Wildman–Crippen MR) is 106 cm³/mol. The average molecular weight is 395 g/mol. The van der Waals surface area contributed by atoms with Crippen molar-refractivity contribution in [3.8, 4) is 0 Å². The van der Waals surface area contributed by atoms with Gasteiger partial charge in [0.2, 0.25) is 15.9 Å². The number of thiophene rings is 1. The molecule has 0 radical (unpaired) electrons. The van der Waals surface area contributed by atoms with E-state index in [2.05, 4.69) is 10.0 Å². The molecule has 1 aromatic heterocycles. The van der Waals surface area contributed by atoms with E-state index in [1.165, 1.54) is 4.88 Å². The summed E-state index contributed by atoms with van der Waals surface area (Å²) in [6.45, 7) is 6.31. The third-order valence-corrected chi connectivity index (χ3v) is 6.33. The Morgan fingerprint density at radius 1 is 1.15 bits per heavy atom. The Bertz CT molecular complexity index is 798. The van der Waals surface area contributed by atoms with Gasteiger partial charge in [0, 0.05) is 11.4 Å².